The molecule has 1 aliphatic rings. The van der Waals surface area contributed by atoms with Crippen molar-refractivity contribution in [2.45, 2.75) is 25.1 Å². The Morgan fingerprint density at radius 1 is 1.48 bits per heavy atom. The first kappa shape index (κ1) is 15.5. The third kappa shape index (κ3) is 3.79. The molecule has 2 rings (SSSR count). The number of β-amino-alcohol motifs (C(OH)–C–C–N with tert-alkyl or cyclic N) is 1. The van der Waals surface area contributed by atoms with Crippen molar-refractivity contribution in [2.24, 2.45) is 0 Å². The van der Waals surface area contributed by atoms with Crippen molar-refractivity contribution in [3.63, 3.8) is 0 Å². The van der Waals surface area contributed by atoms with E-state index in [9.17, 15) is 19.5 Å². The van der Waals surface area contributed by atoms with Gasteiger partial charge in [-0.1, -0.05) is 0 Å². The summed E-state index contributed by atoms with van der Waals surface area (Å²) in [6.45, 7) is 0.783. The molecule has 21 heavy (non-hydrogen) atoms. The van der Waals surface area contributed by atoms with Crippen LogP contribution in [0.1, 0.15) is 6.42 Å². The van der Waals surface area contributed by atoms with E-state index in [0.717, 1.165) is 4.57 Å². The minimum absolute atomic E-state index is 0.0686. The van der Waals surface area contributed by atoms with Crippen LogP contribution in [-0.2, 0) is 11.3 Å². The van der Waals surface area contributed by atoms with E-state index >= 15 is 0 Å². The maximum absolute atomic E-state index is 12.3. The number of likely N-dealkylation sites (tertiary alicyclic amines) is 1. The number of aromatic amines is 1. The molecule has 2 heterocycles. The van der Waals surface area contributed by atoms with Gasteiger partial charge in [-0.05, 0) is 20.5 Å². The minimum atomic E-state index is -0.611. The number of likely N-dealkylation sites (N-methyl/N-ethyl adjacent to an activating group) is 1. The highest BCUT2D eigenvalue weighted by Gasteiger charge is 2.34. The first-order valence-electron chi connectivity index (χ1n) is 6.79. The lowest BCUT2D eigenvalue weighted by Gasteiger charge is -2.27. The van der Waals surface area contributed by atoms with Gasteiger partial charge in [-0.2, -0.15) is 0 Å². The molecule has 8 heteroatoms. The zero-order chi connectivity index (χ0) is 15.6. The van der Waals surface area contributed by atoms with E-state index in [4.69, 9.17) is 0 Å². The number of hydrogen-bond acceptors (Lipinski definition) is 5. The number of H-pyrrole nitrogens is 1. The van der Waals surface area contributed by atoms with Crippen molar-refractivity contribution in [1.82, 2.24) is 19.4 Å². The number of nitrogens with one attached hydrogen (secondary N) is 1. The van der Waals surface area contributed by atoms with E-state index < -0.39 is 17.4 Å². The maximum Gasteiger partial charge on any atom is 0.328 e. The number of carbonyl (C=O) groups excluding carboxylic acids is 1. The molecule has 1 aliphatic heterocycles. The van der Waals surface area contributed by atoms with E-state index in [2.05, 4.69) is 4.98 Å². The largest absolute Gasteiger partial charge is 0.391 e. The van der Waals surface area contributed by atoms with Gasteiger partial charge in [0.15, 0.2) is 0 Å². The SMILES string of the molecule is CN(C)CC1CC(O)CN1C(=O)Cn1ccc(=O)[nH]c1=O. The van der Waals surface area contributed by atoms with Crippen molar-refractivity contribution in [3.8, 4) is 0 Å². The highest BCUT2D eigenvalue weighted by molar-refractivity contribution is 5.76. The highest BCUT2D eigenvalue weighted by atomic mass is 16.3. The number of aliphatic hydroxyl groups excluding tert-OH is 1. The van der Waals surface area contributed by atoms with E-state index in [1.165, 1.54) is 12.3 Å². The zero-order valence-electron chi connectivity index (χ0n) is 12.2. The lowest BCUT2D eigenvalue weighted by molar-refractivity contribution is -0.133. The van der Waals surface area contributed by atoms with Gasteiger partial charge in [-0.25, -0.2) is 4.79 Å². The monoisotopic (exact) mass is 296 g/mol. The summed E-state index contributed by atoms with van der Waals surface area (Å²) in [5.74, 6) is -0.243. The molecule has 1 aromatic heterocycles. The fourth-order valence-electron chi connectivity index (χ4n) is 2.60. The number of carbonyl (C=O) groups is 1. The number of hydrogen-bond donors (Lipinski definition) is 2. The van der Waals surface area contributed by atoms with Crippen LogP contribution in [-0.4, -0.2) is 69.7 Å². The van der Waals surface area contributed by atoms with Crippen LogP contribution in [0, 0.1) is 0 Å². The van der Waals surface area contributed by atoms with Crippen LogP contribution in [0.5, 0.6) is 0 Å². The maximum atomic E-state index is 12.3. The molecule has 2 unspecified atom stereocenters. The molecular weight excluding hydrogens is 276 g/mol. The summed E-state index contributed by atoms with van der Waals surface area (Å²) < 4.78 is 1.15. The van der Waals surface area contributed by atoms with Gasteiger partial charge >= 0.3 is 5.69 Å². The smallest absolute Gasteiger partial charge is 0.328 e. The molecule has 1 aromatic rings. The second kappa shape index (κ2) is 6.23. The molecule has 0 aromatic carbocycles. The first-order chi connectivity index (χ1) is 9.86. The normalized spacial score (nSPS) is 22.0. The first-order valence-corrected chi connectivity index (χ1v) is 6.79. The van der Waals surface area contributed by atoms with Crippen LogP contribution in [0.25, 0.3) is 0 Å². The van der Waals surface area contributed by atoms with Crippen LogP contribution in [0.4, 0.5) is 0 Å². The summed E-state index contributed by atoms with van der Waals surface area (Å²) in [5, 5.41) is 9.76. The second-order valence-corrected chi connectivity index (χ2v) is 5.59. The van der Waals surface area contributed by atoms with E-state index in [1.54, 1.807) is 4.90 Å². The molecule has 1 fully saturated rings. The highest BCUT2D eigenvalue weighted by Crippen LogP contribution is 2.18. The quantitative estimate of drug-likeness (QED) is 0.673. The average molecular weight is 296 g/mol. The molecule has 0 spiro atoms. The van der Waals surface area contributed by atoms with Gasteiger partial charge in [0.05, 0.1) is 6.10 Å². The molecule has 0 bridgehead atoms. The molecule has 2 N–H and O–H groups in total. The van der Waals surface area contributed by atoms with Gasteiger partial charge < -0.3 is 14.9 Å². The summed E-state index contributed by atoms with van der Waals surface area (Å²) in [7, 11) is 3.81. The number of aromatic nitrogens is 2. The van der Waals surface area contributed by atoms with Crippen LogP contribution in [0.15, 0.2) is 21.9 Å². The average Bonchev–Trinajstić information content (AvgIpc) is 2.73. The standard InChI is InChI=1S/C13H20N4O4/c1-15(2)6-9-5-10(18)7-17(9)12(20)8-16-4-3-11(19)14-13(16)21/h3-4,9-10,18H,5-8H2,1-2H3,(H,14,19,21). The van der Waals surface area contributed by atoms with Crippen molar-refractivity contribution >= 4 is 5.91 Å². The van der Waals surface area contributed by atoms with Crippen molar-refractivity contribution in [3.05, 3.63) is 33.1 Å². The predicted molar refractivity (Wildman–Crippen MR) is 76.0 cm³/mol. The van der Waals surface area contributed by atoms with E-state index in [-0.39, 0.29) is 25.0 Å². The predicted octanol–water partition coefficient (Wildman–Crippen LogP) is -1.94. The topological polar surface area (TPSA) is 98.6 Å². The number of rotatable bonds is 4. The van der Waals surface area contributed by atoms with Gasteiger partial charge in [-0.15, -0.1) is 0 Å². The van der Waals surface area contributed by atoms with Crippen LogP contribution in [0.2, 0.25) is 0 Å². The number of amides is 1. The Bertz CT molecular complexity index is 621. The van der Waals surface area contributed by atoms with E-state index in [1.807, 2.05) is 19.0 Å². The summed E-state index contributed by atoms with van der Waals surface area (Å²) in [5.41, 5.74) is -1.11. The summed E-state index contributed by atoms with van der Waals surface area (Å²) in [6, 6.07) is 1.13. The Morgan fingerprint density at radius 2 is 2.19 bits per heavy atom. The minimum Gasteiger partial charge on any atom is -0.391 e. The molecule has 2 atom stereocenters. The van der Waals surface area contributed by atoms with Gasteiger partial charge in [-0.3, -0.25) is 19.1 Å². The van der Waals surface area contributed by atoms with Crippen LogP contribution < -0.4 is 11.2 Å². The fourth-order valence-corrected chi connectivity index (χ4v) is 2.60. The molecule has 116 valence electrons. The molecule has 0 saturated carbocycles. The lowest BCUT2D eigenvalue weighted by Crippen LogP contribution is -2.44. The third-order valence-corrected chi connectivity index (χ3v) is 3.49. The van der Waals surface area contributed by atoms with Crippen molar-refractivity contribution < 1.29 is 9.90 Å². The Hall–Kier alpha value is -1.93. The molecule has 1 saturated heterocycles. The number of aliphatic hydroxyl groups is 1. The molecule has 1 amide bonds. The Kier molecular flexibility index (Phi) is 4.59. The molecular formula is C13H20N4O4. The van der Waals surface area contributed by atoms with Gasteiger partial charge in [0.25, 0.3) is 5.56 Å². The van der Waals surface area contributed by atoms with Crippen LogP contribution >= 0.6 is 0 Å². The van der Waals surface area contributed by atoms with Gasteiger partial charge in [0.2, 0.25) is 5.91 Å². The number of nitrogens with zero attached hydrogens (tertiary/aromatic N) is 3. The van der Waals surface area contributed by atoms with Gasteiger partial charge in [0, 0.05) is 31.4 Å². The van der Waals surface area contributed by atoms with Gasteiger partial charge in [0.1, 0.15) is 6.54 Å². The third-order valence-electron chi connectivity index (χ3n) is 3.49. The van der Waals surface area contributed by atoms with Crippen molar-refractivity contribution in [1.29, 1.82) is 0 Å². The lowest BCUT2D eigenvalue weighted by atomic mass is 10.2. The van der Waals surface area contributed by atoms with Crippen LogP contribution in [0.3, 0.4) is 0 Å². The molecule has 0 aliphatic carbocycles. The molecule has 8 nitrogen and oxygen atoms in total. The Labute approximate surface area is 121 Å². The summed E-state index contributed by atoms with van der Waals surface area (Å²) in [4.78, 5) is 40.6. The fraction of sp³-hybridized carbons (Fsp3) is 0.615. The van der Waals surface area contributed by atoms with Crippen molar-refractivity contribution in [2.75, 3.05) is 27.2 Å². The van der Waals surface area contributed by atoms with E-state index in [0.29, 0.717) is 13.0 Å². The summed E-state index contributed by atoms with van der Waals surface area (Å²) in [6.07, 6.45) is 1.29. The Balaban J connectivity index is 2.11. The molecule has 0 radical (unpaired) electrons. The summed E-state index contributed by atoms with van der Waals surface area (Å²) >= 11 is 0. The second-order valence-electron chi connectivity index (χ2n) is 5.59. The zero-order valence-corrected chi connectivity index (χ0v) is 12.2. The Morgan fingerprint density at radius 3 is 2.81 bits per heavy atom.